The van der Waals surface area contributed by atoms with Crippen LogP contribution in [-0.4, -0.2) is 48.7 Å². The van der Waals surface area contributed by atoms with E-state index in [1.165, 1.54) is 6.42 Å². The van der Waals surface area contributed by atoms with E-state index in [-0.39, 0.29) is 5.91 Å². The summed E-state index contributed by atoms with van der Waals surface area (Å²) in [6.45, 7) is 6.19. The van der Waals surface area contributed by atoms with Crippen molar-refractivity contribution in [2.24, 2.45) is 4.99 Å². The lowest BCUT2D eigenvalue weighted by Crippen LogP contribution is -2.37. The van der Waals surface area contributed by atoms with Gasteiger partial charge in [0.2, 0.25) is 5.91 Å². The minimum absolute atomic E-state index is 0.246. The smallest absolute Gasteiger partial charge is 0.224 e. The molecule has 0 radical (unpaired) electrons. The molecular weight excluding hydrogens is 202 g/mol. The van der Waals surface area contributed by atoms with Gasteiger partial charge in [0.1, 0.15) is 0 Å². The van der Waals surface area contributed by atoms with E-state index in [1.807, 2.05) is 9.80 Å². The number of likely N-dealkylation sites (tertiary alicyclic amines) is 1. The Hall–Kier alpha value is -1.32. The Balaban J connectivity index is 2.30. The van der Waals surface area contributed by atoms with Crippen molar-refractivity contribution in [2.45, 2.75) is 25.7 Å². The number of piperidine rings is 1. The predicted octanol–water partition coefficient (Wildman–Crippen LogP) is 1.49. The lowest BCUT2D eigenvalue weighted by atomic mass is 10.1. The van der Waals surface area contributed by atoms with E-state index in [0.717, 1.165) is 25.9 Å². The first-order valence-corrected chi connectivity index (χ1v) is 5.86. The summed E-state index contributed by atoms with van der Waals surface area (Å²) < 4.78 is 0. The molecule has 1 aliphatic heterocycles. The van der Waals surface area contributed by atoms with Crippen molar-refractivity contribution < 1.29 is 4.79 Å². The van der Waals surface area contributed by atoms with Crippen LogP contribution in [0.1, 0.15) is 25.7 Å². The zero-order valence-electron chi connectivity index (χ0n) is 10.1. The van der Waals surface area contributed by atoms with Crippen LogP contribution < -0.4 is 0 Å². The molecule has 16 heavy (non-hydrogen) atoms. The molecule has 1 amide bonds. The van der Waals surface area contributed by atoms with Gasteiger partial charge in [-0.3, -0.25) is 9.79 Å². The van der Waals surface area contributed by atoms with Gasteiger partial charge in [0.15, 0.2) is 0 Å². The zero-order chi connectivity index (χ0) is 11.8. The Morgan fingerprint density at radius 3 is 2.69 bits per heavy atom. The van der Waals surface area contributed by atoms with E-state index in [2.05, 4.69) is 11.6 Å². The Morgan fingerprint density at radius 1 is 1.44 bits per heavy atom. The third-order valence-electron chi connectivity index (χ3n) is 2.79. The van der Waals surface area contributed by atoms with E-state index in [4.69, 9.17) is 0 Å². The van der Waals surface area contributed by atoms with Crippen LogP contribution in [0, 0.1) is 0 Å². The number of amides is 1. The molecule has 0 spiro atoms. The number of nitrogens with zero attached hydrogens (tertiary/aromatic N) is 3. The Bertz CT molecular complexity index is 257. The standard InChI is InChI=1S/C12H21N3O/c1-3-14(11-13-2)10-7-12(16)15-8-5-4-6-9-15/h3,11H,1,4-10H2,2H3. The van der Waals surface area contributed by atoms with Gasteiger partial charge < -0.3 is 9.80 Å². The zero-order valence-corrected chi connectivity index (χ0v) is 10.1. The molecule has 4 nitrogen and oxygen atoms in total. The molecule has 1 heterocycles. The van der Waals surface area contributed by atoms with Crippen molar-refractivity contribution in [3.8, 4) is 0 Å². The maximum Gasteiger partial charge on any atom is 0.224 e. The Morgan fingerprint density at radius 2 is 2.12 bits per heavy atom. The molecule has 0 aromatic carbocycles. The fourth-order valence-electron chi connectivity index (χ4n) is 1.87. The SMILES string of the molecule is C=CN(C=NC)CCC(=O)N1CCCCC1. The van der Waals surface area contributed by atoms with Crippen molar-refractivity contribution in [3.63, 3.8) is 0 Å². The first kappa shape index (κ1) is 12.7. The summed E-state index contributed by atoms with van der Waals surface area (Å²) in [7, 11) is 1.71. The number of aliphatic imine (C=N–C) groups is 1. The summed E-state index contributed by atoms with van der Waals surface area (Å²) in [5.41, 5.74) is 0. The van der Waals surface area contributed by atoms with E-state index in [1.54, 1.807) is 19.6 Å². The van der Waals surface area contributed by atoms with Crippen LogP contribution in [-0.2, 0) is 4.79 Å². The van der Waals surface area contributed by atoms with Crippen LogP contribution in [0.4, 0.5) is 0 Å². The average Bonchev–Trinajstić information content (AvgIpc) is 2.35. The Kier molecular flexibility index (Phi) is 5.61. The second-order valence-electron chi connectivity index (χ2n) is 3.99. The predicted molar refractivity (Wildman–Crippen MR) is 66.4 cm³/mol. The molecule has 0 bridgehead atoms. The quantitative estimate of drug-likeness (QED) is 0.523. The molecule has 0 saturated carbocycles. The second-order valence-corrected chi connectivity index (χ2v) is 3.99. The molecule has 4 heteroatoms. The van der Waals surface area contributed by atoms with E-state index < -0.39 is 0 Å². The van der Waals surface area contributed by atoms with E-state index in [0.29, 0.717) is 13.0 Å². The number of hydrogen-bond donors (Lipinski definition) is 0. The first-order chi connectivity index (χ1) is 7.77. The molecule has 0 unspecified atom stereocenters. The minimum atomic E-state index is 0.246. The van der Waals surface area contributed by atoms with Crippen LogP contribution in [0.5, 0.6) is 0 Å². The highest BCUT2D eigenvalue weighted by molar-refractivity contribution is 5.76. The topological polar surface area (TPSA) is 35.9 Å². The molecule has 1 rings (SSSR count). The second kappa shape index (κ2) is 7.04. The largest absolute Gasteiger partial charge is 0.343 e. The van der Waals surface area contributed by atoms with Gasteiger partial charge in [0, 0.05) is 33.1 Å². The molecule has 1 aliphatic rings. The van der Waals surface area contributed by atoms with Gasteiger partial charge in [0.05, 0.1) is 6.34 Å². The van der Waals surface area contributed by atoms with Crippen molar-refractivity contribution >= 4 is 12.2 Å². The van der Waals surface area contributed by atoms with Crippen molar-refractivity contribution in [1.29, 1.82) is 0 Å². The van der Waals surface area contributed by atoms with Gasteiger partial charge in [-0.2, -0.15) is 0 Å². The maximum absolute atomic E-state index is 11.8. The third-order valence-corrected chi connectivity index (χ3v) is 2.79. The van der Waals surface area contributed by atoms with Crippen LogP contribution >= 0.6 is 0 Å². The maximum atomic E-state index is 11.8. The number of carbonyl (C=O) groups is 1. The molecule has 0 N–H and O–H groups in total. The summed E-state index contributed by atoms with van der Waals surface area (Å²) in [5, 5.41) is 0. The van der Waals surface area contributed by atoms with Gasteiger partial charge in [-0.15, -0.1) is 0 Å². The lowest BCUT2D eigenvalue weighted by molar-refractivity contribution is -0.132. The Labute approximate surface area is 97.6 Å². The van der Waals surface area contributed by atoms with Crippen molar-refractivity contribution in [3.05, 3.63) is 12.8 Å². The number of carbonyl (C=O) groups excluding carboxylic acids is 1. The van der Waals surface area contributed by atoms with Crippen LogP contribution in [0.2, 0.25) is 0 Å². The molecule has 90 valence electrons. The van der Waals surface area contributed by atoms with E-state index in [9.17, 15) is 4.79 Å². The van der Waals surface area contributed by atoms with Crippen LogP contribution in [0.25, 0.3) is 0 Å². The number of rotatable bonds is 5. The van der Waals surface area contributed by atoms with Crippen molar-refractivity contribution in [1.82, 2.24) is 9.80 Å². The fourth-order valence-corrected chi connectivity index (χ4v) is 1.87. The summed E-state index contributed by atoms with van der Waals surface area (Å²) in [4.78, 5) is 19.5. The molecule has 0 atom stereocenters. The molecule has 0 aromatic rings. The highest BCUT2D eigenvalue weighted by atomic mass is 16.2. The highest BCUT2D eigenvalue weighted by Crippen LogP contribution is 2.09. The first-order valence-electron chi connectivity index (χ1n) is 5.86. The molecule has 0 aromatic heterocycles. The minimum Gasteiger partial charge on any atom is -0.343 e. The fraction of sp³-hybridized carbons (Fsp3) is 0.667. The normalized spacial score (nSPS) is 16.4. The summed E-state index contributed by atoms with van der Waals surface area (Å²) in [5.74, 6) is 0.246. The van der Waals surface area contributed by atoms with Gasteiger partial charge in [-0.25, -0.2) is 0 Å². The molecule has 0 aliphatic carbocycles. The van der Waals surface area contributed by atoms with E-state index >= 15 is 0 Å². The van der Waals surface area contributed by atoms with Gasteiger partial charge >= 0.3 is 0 Å². The van der Waals surface area contributed by atoms with Gasteiger partial charge in [-0.1, -0.05) is 6.58 Å². The monoisotopic (exact) mass is 223 g/mol. The lowest BCUT2D eigenvalue weighted by Gasteiger charge is -2.27. The van der Waals surface area contributed by atoms with Crippen LogP contribution in [0.15, 0.2) is 17.8 Å². The summed E-state index contributed by atoms with van der Waals surface area (Å²) in [6.07, 6.45) is 7.47. The van der Waals surface area contributed by atoms with Gasteiger partial charge in [-0.05, 0) is 25.5 Å². The summed E-state index contributed by atoms with van der Waals surface area (Å²) in [6, 6.07) is 0. The molecule has 1 fully saturated rings. The highest BCUT2D eigenvalue weighted by Gasteiger charge is 2.16. The van der Waals surface area contributed by atoms with Crippen LogP contribution in [0.3, 0.4) is 0 Å². The van der Waals surface area contributed by atoms with Crippen molar-refractivity contribution in [2.75, 3.05) is 26.7 Å². The molecule has 1 saturated heterocycles. The average molecular weight is 223 g/mol. The third kappa shape index (κ3) is 4.04. The van der Waals surface area contributed by atoms with Gasteiger partial charge in [0.25, 0.3) is 0 Å². The summed E-state index contributed by atoms with van der Waals surface area (Å²) >= 11 is 0. The number of hydrogen-bond acceptors (Lipinski definition) is 2. The molecular formula is C12H21N3O.